The number of nitrogens with one attached hydrogen (secondary N) is 1. The standard InChI is InChI=1S/C6H7N3O2S/c1-11-5(10)4-3(7)2-8-6(12)9-4/h2H,7H2,1H3,(H,8,9,12). The number of carbonyl (C=O) groups excluding carboxylic acids is 1. The summed E-state index contributed by atoms with van der Waals surface area (Å²) in [6.07, 6.45) is 1.31. The van der Waals surface area contributed by atoms with Crippen molar-refractivity contribution in [3.05, 3.63) is 16.7 Å². The number of nitrogens with two attached hydrogens (primary N) is 1. The van der Waals surface area contributed by atoms with Gasteiger partial charge in [-0.15, -0.1) is 0 Å². The largest absolute Gasteiger partial charge is 0.464 e. The summed E-state index contributed by atoms with van der Waals surface area (Å²) in [6, 6.07) is 0. The van der Waals surface area contributed by atoms with E-state index in [1.54, 1.807) is 0 Å². The lowest BCUT2D eigenvalue weighted by atomic mass is 10.3. The average Bonchev–Trinajstić information content (AvgIpc) is 2.08. The molecule has 0 aromatic carbocycles. The molecule has 0 aliphatic rings. The minimum atomic E-state index is -0.555. The van der Waals surface area contributed by atoms with Crippen LogP contribution in [-0.4, -0.2) is 23.0 Å². The second-order valence-electron chi connectivity index (χ2n) is 2.01. The highest BCUT2D eigenvalue weighted by atomic mass is 32.1. The van der Waals surface area contributed by atoms with Crippen LogP contribution in [0.1, 0.15) is 10.5 Å². The van der Waals surface area contributed by atoms with E-state index in [1.807, 2.05) is 0 Å². The minimum absolute atomic E-state index is 0.137. The number of hydrogen-bond donors (Lipinski definition) is 2. The van der Waals surface area contributed by atoms with Crippen LogP contribution >= 0.6 is 12.2 Å². The molecular formula is C6H7N3O2S. The summed E-state index contributed by atoms with van der Waals surface area (Å²) in [5, 5.41) is 0. The quantitative estimate of drug-likeness (QED) is 0.492. The molecule has 0 aliphatic carbocycles. The Hall–Kier alpha value is -1.43. The van der Waals surface area contributed by atoms with Crippen LogP contribution in [0.4, 0.5) is 5.69 Å². The van der Waals surface area contributed by atoms with E-state index in [9.17, 15) is 4.79 Å². The molecule has 1 rings (SSSR count). The minimum Gasteiger partial charge on any atom is -0.464 e. The maximum Gasteiger partial charge on any atom is 0.356 e. The van der Waals surface area contributed by atoms with Crippen LogP contribution in [-0.2, 0) is 4.74 Å². The molecule has 0 spiro atoms. The smallest absolute Gasteiger partial charge is 0.356 e. The van der Waals surface area contributed by atoms with Crippen molar-refractivity contribution in [1.29, 1.82) is 0 Å². The fourth-order valence-electron chi connectivity index (χ4n) is 0.675. The molecule has 5 nitrogen and oxygen atoms in total. The Labute approximate surface area is 73.6 Å². The number of aromatic nitrogens is 2. The van der Waals surface area contributed by atoms with Gasteiger partial charge in [0, 0.05) is 0 Å². The lowest BCUT2D eigenvalue weighted by Crippen LogP contribution is -2.09. The first-order valence-electron chi connectivity index (χ1n) is 3.08. The maximum absolute atomic E-state index is 11.0. The Kier molecular flexibility index (Phi) is 2.39. The normalized spacial score (nSPS) is 9.42. The third-order valence-electron chi connectivity index (χ3n) is 1.23. The Bertz CT molecular complexity index is 360. The number of nitrogen functional groups attached to an aromatic ring is 1. The molecule has 6 heteroatoms. The second kappa shape index (κ2) is 3.31. The lowest BCUT2D eigenvalue weighted by Gasteiger charge is -2.01. The van der Waals surface area contributed by atoms with Gasteiger partial charge < -0.3 is 15.5 Å². The molecule has 1 aromatic heterocycles. The molecule has 0 atom stereocenters. The van der Waals surface area contributed by atoms with E-state index in [2.05, 4.69) is 14.7 Å². The molecule has 12 heavy (non-hydrogen) atoms. The van der Waals surface area contributed by atoms with E-state index in [0.29, 0.717) is 0 Å². The summed E-state index contributed by atoms with van der Waals surface area (Å²) < 4.78 is 4.65. The van der Waals surface area contributed by atoms with E-state index in [4.69, 9.17) is 18.0 Å². The van der Waals surface area contributed by atoms with Crippen LogP contribution < -0.4 is 5.73 Å². The number of aromatic amines is 1. The first-order valence-corrected chi connectivity index (χ1v) is 3.49. The van der Waals surface area contributed by atoms with Gasteiger partial charge in [-0.2, -0.15) is 0 Å². The first-order chi connectivity index (χ1) is 5.65. The molecule has 0 unspecified atom stereocenters. The lowest BCUT2D eigenvalue weighted by molar-refractivity contribution is 0.0595. The van der Waals surface area contributed by atoms with Crippen molar-refractivity contribution in [3.63, 3.8) is 0 Å². The van der Waals surface area contributed by atoms with Gasteiger partial charge in [0.2, 0.25) is 0 Å². The van der Waals surface area contributed by atoms with Crippen LogP contribution in [0, 0.1) is 4.77 Å². The van der Waals surface area contributed by atoms with Crippen molar-refractivity contribution in [2.24, 2.45) is 0 Å². The number of methoxy groups -OCH3 is 1. The van der Waals surface area contributed by atoms with E-state index in [-0.39, 0.29) is 16.2 Å². The number of esters is 1. The van der Waals surface area contributed by atoms with Crippen molar-refractivity contribution in [1.82, 2.24) is 9.97 Å². The van der Waals surface area contributed by atoms with Crippen LogP contribution in [0.3, 0.4) is 0 Å². The second-order valence-corrected chi connectivity index (χ2v) is 2.40. The van der Waals surface area contributed by atoms with Gasteiger partial charge in [0.25, 0.3) is 0 Å². The molecule has 1 aromatic rings. The maximum atomic E-state index is 11.0. The van der Waals surface area contributed by atoms with Crippen LogP contribution in [0.5, 0.6) is 0 Å². The van der Waals surface area contributed by atoms with Crippen molar-refractivity contribution in [3.8, 4) is 0 Å². The Balaban J connectivity index is 3.22. The summed E-state index contributed by atoms with van der Waals surface area (Å²) in [5.74, 6) is -0.555. The molecular weight excluding hydrogens is 178 g/mol. The molecule has 0 fully saturated rings. The SMILES string of the molecule is COC(=O)c1[nH]c(=S)ncc1N. The van der Waals surface area contributed by atoms with Crippen molar-refractivity contribution in [2.45, 2.75) is 0 Å². The number of anilines is 1. The van der Waals surface area contributed by atoms with Crippen molar-refractivity contribution in [2.75, 3.05) is 12.8 Å². The number of hydrogen-bond acceptors (Lipinski definition) is 5. The summed E-state index contributed by atoms with van der Waals surface area (Å²) >= 11 is 4.70. The van der Waals surface area contributed by atoms with Gasteiger partial charge in [0.15, 0.2) is 10.5 Å². The molecule has 0 saturated carbocycles. The highest BCUT2D eigenvalue weighted by Crippen LogP contribution is 2.06. The molecule has 0 amide bonds. The first kappa shape index (κ1) is 8.66. The molecule has 0 aliphatic heterocycles. The molecule has 64 valence electrons. The van der Waals surface area contributed by atoms with Gasteiger partial charge in [-0.05, 0) is 12.2 Å². The van der Waals surface area contributed by atoms with E-state index in [0.717, 1.165) is 0 Å². The van der Waals surface area contributed by atoms with Gasteiger partial charge in [0.1, 0.15) is 0 Å². The van der Waals surface area contributed by atoms with Gasteiger partial charge >= 0.3 is 5.97 Å². The number of H-pyrrole nitrogens is 1. The number of carbonyl (C=O) groups is 1. The third kappa shape index (κ3) is 1.59. The molecule has 1 heterocycles. The average molecular weight is 185 g/mol. The molecule has 0 bridgehead atoms. The molecule has 0 radical (unpaired) electrons. The fraction of sp³-hybridized carbons (Fsp3) is 0.167. The monoisotopic (exact) mass is 185 g/mol. The zero-order valence-electron chi connectivity index (χ0n) is 6.33. The zero-order chi connectivity index (χ0) is 9.14. The molecule has 0 saturated heterocycles. The predicted molar refractivity (Wildman–Crippen MR) is 45.2 cm³/mol. The van der Waals surface area contributed by atoms with Gasteiger partial charge in [-0.3, -0.25) is 0 Å². The Morgan fingerprint density at radius 3 is 3.08 bits per heavy atom. The highest BCUT2D eigenvalue weighted by molar-refractivity contribution is 7.71. The third-order valence-corrected chi connectivity index (χ3v) is 1.44. The summed E-state index contributed by atoms with van der Waals surface area (Å²) in [6.45, 7) is 0. The fourth-order valence-corrected chi connectivity index (χ4v) is 0.830. The molecule has 3 N–H and O–H groups in total. The number of nitrogens with zero attached hydrogens (tertiary/aromatic N) is 1. The van der Waals surface area contributed by atoms with Crippen LogP contribution in [0.25, 0.3) is 0 Å². The number of rotatable bonds is 1. The van der Waals surface area contributed by atoms with Crippen molar-refractivity contribution < 1.29 is 9.53 Å². The number of ether oxygens (including phenoxy) is 1. The summed E-state index contributed by atoms with van der Waals surface area (Å²) in [5.41, 5.74) is 5.78. The van der Waals surface area contributed by atoms with E-state index >= 15 is 0 Å². The van der Waals surface area contributed by atoms with Gasteiger partial charge in [-0.1, -0.05) is 0 Å². The topological polar surface area (TPSA) is 81.0 Å². The van der Waals surface area contributed by atoms with Crippen LogP contribution in [0.2, 0.25) is 0 Å². The Morgan fingerprint density at radius 1 is 1.83 bits per heavy atom. The highest BCUT2D eigenvalue weighted by Gasteiger charge is 2.09. The van der Waals surface area contributed by atoms with Gasteiger partial charge in [0.05, 0.1) is 19.0 Å². The Morgan fingerprint density at radius 2 is 2.50 bits per heavy atom. The zero-order valence-corrected chi connectivity index (χ0v) is 7.14. The summed E-state index contributed by atoms with van der Waals surface area (Å²) in [4.78, 5) is 17.2. The van der Waals surface area contributed by atoms with E-state index in [1.165, 1.54) is 13.3 Å². The van der Waals surface area contributed by atoms with Crippen LogP contribution in [0.15, 0.2) is 6.20 Å². The van der Waals surface area contributed by atoms with E-state index < -0.39 is 5.97 Å². The predicted octanol–water partition coefficient (Wildman–Crippen LogP) is 0.508. The summed E-state index contributed by atoms with van der Waals surface area (Å²) in [7, 11) is 1.26. The van der Waals surface area contributed by atoms with Crippen molar-refractivity contribution >= 4 is 23.9 Å². The van der Waals surface area contributed by atoms with Gasteiger partial charge in [-0.25, -0.2) is 9.78 Å².